The number of aliphatic hydroxyl groups excluding tert-OH is 1. The van der Waals surface area contributed by atoms with Crippen LogP contribution < -0.4 is 10.1 Å². The summed E-state index contributed by atoms with van der Waals surface area (Å²) < 4.78 is 5.48. The molecule has 0 bridgehead atoms. The van der Waals surface area contributed by atoms with Crippen LogP contribution in [0.3, 0.4) is 0 Å². The maximum absolute atomic E-state index is 9.84. The molecule has 1 rings (SSSR count). The van der Waals surface area contributed by atoms with E-state index in [1.807, 2.05) is 0 Å². The maximum atomic E-state index is 9.84. The van der Waals surface area contributed by atoms with Gasteiger partial charge in [-0.3, -0.25) is 0 Å². The number of benzene rings is 1. The Bertz CT molecular complexity index is 424. The van der Waals surface area contributed by atoms with Gasteiger partial charge in [0.1, 0.15) is 18.5 Å². The Morgan fingerprint density at radius 3 is 2.52 bits per heavy atom. The molecule has 0 radical (unpaired) electrons. The highest BCUT2D eigenvalue weighted by atomic mass is 16.5. The van der Waals surface area contributed by atoms with Crippen molar-refractivity contribution in [3.8, 4) is 11.8 Å². The first-order chi connectivity index (χ1) is 10.2. The van der Waals surface area contributed by atoms with E-state index in [1.54, 1.807) is 24.3 Å². The van der Waals surface area contributed by atoms with Crippen molar-refractivity contribution >= 4 is 0 Å². The highest BCUT2D eigenvalue weighted by Crippen LogP contribution is 2.11. The molecule has 1 aromatic rings. The predicted octanol–water partition coefficient (Wildman–Crippen LogP) is 1.23. The van der Waals surface area contributed by atoms with Crippen molar-refractivity contribution < 1.29 is 9.84 Å². The number of aliphatic hydroxyl groups is 1. The van der Waals surface area contributed by atoms with Crippen LogP contribution in [0.25, 0.3) is 0 Å². The quantitative estimate of drug-likeness (QED) is 0.635. The highest BCUT2D eigenvalue weighted by molar-refractivity contribution is 5.34. The fourth-order valence-electron chi connectivity index (χ4n) is 1.92. The molecule has 5 heteroatoms. The molecule has 0 aliphatic carbocycles. The smallest absolute Gasteiger partial charge is 0.119 e. The molecule has 1 atom stereocenters. The van der Waals surface area contributed by atoms with Gasteiger partial charge in [-0.05, 0) is 37.4 Å². The van der Waals surface area contributed by atoms with E-state index >= 15 is 0 Å². The molecule has 0 amide bonds. The number of nitriles is 1. The molecule has 116 valence electrons. The molecule has 0 aliphatic rings. The van der Waals surface area contributed by atoms with Crippen LogP contribution in [0.15, 0.2) is 24.3 Å². The van der Waals surface area contributed by atoms with Crippen LogP contribution in [0.2, 0.25) is 0 Å². The number of hydrogen-bond donors (Lipinski definition) is 2. The molecule has 2 N–H and O–H groups in total. The molecule has 5 nitrogen and oxygen atoms in total. The first-order valence-corrected chi connectivity index (χ1v) is 7.43. The zero-order valence-electron chi connectivity index (χ0n) is 12.9. The van der Waals surface area contributed by atoms with Gasteiger partial charge in [0.05, 0.1) is 11.6 Å². The van der Waals surface area contributed by atoms with Crippen molar-refractivity contribution in [3.05, 3.63) is 29.8 Å². The van der Waals surface area contributed by atoms with E-state index in [9.17, 15) is 5.11 Å². The molecule has 0 spiro atoms. The number of ether oxygens (including phenoxy) is 1. The van der Waals surface area contributed by atoms with Gasteiger partial charge >= 0.3 is 0 Å². The van der Waals surface area contributed by atoms with Gasteiger partial charge in [-0.1, -0.05) is 13.8 Å². The standard InChI is InChI=1S/C16H25N3O2/c1-3-19(4-2)10-9-18-12-15(20)13-21-16-7-5-14(11-17)6-8-16/h5-8,15,18,20H,3-4,9-10,12-13H2,1-2H3. The second kappa shape index (κ2) is 10.2. The van der Waals surface area contributed by atoms with E-state index in [1.165, 1.54) is 0 Å². The van der Waals surface area contributed by atoms with Crippen molar-refractivity contribution in [2.45, 2.75) is 20.0 Å². The second-order valence-electron chi connectivity index (χ2n) is 4.83. The monoisotopic (exact) mass is 291 g/mol. The largest absolute Gasteiger partial charge is 0.491 e. The van der Waals surface area contributed by atoms with Gasteiger partial charge in [-0.2, -0.15) is 5.26 Å². The minimum atomic E-state index is -0.544. The lowest BCUT2D eigenvalue weighted by Gasteiger charge is -2.19. The Morgan fingerprint density at radius 2 is 1.95 bits per heavy atom. The van der Waals surface area contributed by atoms with Crippen LogP contribution in [0.1, 0.15) is 19.4 Å². The third kappa shape index (κ3) is 7.09. The molecule has 0 aliphatic heterocycles. The van der Waals surface area contributed by atoms with Crippen LogP contribution in [-0.4, -0.2) is 55.4 Å². The maximum Gasteiger partial charge on any atom is 0.119 e. The van der Waals surface area contributed by atoms with Crippen molar-refractivity contribution in [1.82, 2.24) is 10.2 Å². The summed E-state index contributed by atoms with van der Waals surface area (Å²) in [6, 6.07) is 8.92. The van der Waals surface area contributed by atoms with Crippen LogP contribution in [-0.2, 0) is 0 Å². The zero-order valence-corrected chi connectivity index (χ0v) is 12.9. The van der Waals surface area contributed by atoms with E-state index in [-0.39, 0.29) is 6.61 Å². The number of rotatable bonds is 10. The highest BCUT2D eigenvalue weighted by Gasteiger charge is 2.05. The van der Waals surface area contributed by atoms with Crippen LogP contribution in [0, 0.1) is 11.3 Å². The molecule has 1 unspecified atom stereocenters. The molecule has 0 fully saturated rings. The Labute approximate surface area is 127 Å². The topological polar surface area (TPSA) is 68.5 Å². The summed E-state index contributed by atoms with van der Waals surface area (Å²) in [4.78, 5) is 2.33. The Kier molecular flexibility index (Phi) is 8.44. The predicted molar refractivity (Wildman–Crippen MR) is 83.3 cm³/mol. The molecular weight excluding hydrogens is 266 g/mol. The molecule has 1 aromatic carbocycles. The molecule has 0 saturated carbocycles. The SMILES string of the molecule is CCN(CC)CCNCC(O)COc1ccc(C#N)cc1. The van der Waals surface area contributed by atoms with Crippen LogP contribution in [0.5, 0.6) is 5.75 Å². The summed E-state index contributed by atoms with van der Waals surface area (Å²) >= 11 is 0. The zero-order chi connectivity index (χ0) is 15.5. The lowest BCUT2D eigenvalue weighted by Crippen LogP contribution is -2.37. The summed E-state index contributed by atoms with van der Waals surface area (Å²) in [5, 5.41) is 21.8. The summed E-state index contributed by atoms with van der Waals surface area (Å²) in [7, 11) is 0. The molecule has 0 heterocycles. The summed E-state index contributed by atoms with van der Waals surface area (Å²) in [6.07, 6.45) is -0.544. The van der Waals surface area contributed by atoms with E-state index in [2.05, 4.69) is 30.1 Å². The van der Waals surface area contributed by atoms with Gasteiger partial charge in [0.2, 0.25) is 0 Å². The minimum absolute atomic E-state index is 0.240. The number of hydrogen-bond acceptors (Lipinski definition) is 5. The summed E-state index contributed by atoms with van der Waals surface area (Å²) in [5.74, 6) is 0.663. The minimum Gasteiger partial charge on any atom is -0.491 e. The van der Waals surface area contributed by atoms with Crippen LogP contribution >= 0.6 is 0 Å². The Hall–Kier alpha value is -1.61. The average Bonchev–Trinajstić information content (AvgIpc) is 2.53. The van der Waals surface area contributed by atoms with E-state index in [4.69, 9.17) is 10.00 Å². The van der Waals surface area contributed by atoms with Crippen molar-refractivity contribution in [1.29, 1.82) is 5.26 Å². The first kappa shape index (κ1) is 17.4. The van der Waals surface area contributed by atoms with Gasteiger partial charge in [0, 0.05) is 19.6 Å². The lowest BCUT2D eigenvalue weighted by atomic mass is 10.2. The number of nitrogens with one attached hydrogen (secondary N) is 1. The number of nitrogens with zero attached hydrogens (tertiary/aromatic N) is 2. The third-order valence-electron chi connectivity index (χ3n) is 3.30. The second-order valence-corrected chi connectivity index (χ2v) is 4.83. The van der Waals surface area contributed by atoms with Crippen molar-refractivity contribution in [2.75, 3.05) is 39.3 Å². The molecule has 0 saturated heterocycles. The lowest BCUT2D eigenvalue weighted by molar-refractivity contribution is 0.106. The normalized spacial score (nSPS) is 12.1. The third-order valence-corrected chi connectivity index (χ3v) is 3.30. The fourth-order valence-corrected chi connectivity index (χ4v) is 1.92. The number of likely N-dealkylation sites (N-methyl/N-ethyl adjacent to an activating group) is 1. The van der Waals surface area contributed by atoms with Gasteiger partial charge < -0.3 is 20.1 Å². The first-order valence-electron chi connectivity index (χ1n) is 7.43. The fraction of sp³-hybridized carbons (Fsp3) is 0.562. The van der Waals surface area contributed by atoms with Gasteiger partial charge in [0.25, 0.3) is 0 Å². The van der Waals surface area contributed by atoms with Crippen molar-refractivity contribution in [2.24, 2.45) is 0 Å². The van der Waals surface area contributed by atoms with E-state index in [0.717, 1.165) is 26.2 Å². The van der Waals surface area contributed by atoms with Crippen molar-refractivity contribution in [3.63, 3.8) is 0 Å². The average molecular weight is 291 g/mol. The van der Waals surface area contributed by atoms with Gasteiger partial charge in [-0.15, -0.1) is 0 Å². The van der Waals surface area contributed by atoms with Gasteiger partial charge in [0.15, 0.2) is 0 Å². The van der Waals surface area contributed by atoms with Crippen LogP contribution in [0.4, 0.5) is 0 Å². The summed E-state index contributed by atoms with van der Waals surface area (Å²) in [5.41, 5.74) is 0.598. The molecule has 0 aromatic heterocycles. The van der Waals surface area contributed by atoms with Gasteiger partial charge in [-0.25, -0.2) is 0 Å². The Balaban J connectivity index is 2.16. The molecular formula is C16H25N3O2. The van der Waals surface area contributed by atoms with E-state index < -0.39 is 6.10 Å². The molecule has 21 heavy (non-hydrogen) atoms. The van der Waals surface area contributed by atoms with E-state index in [0.29, 0.717) is 17.9 Å². The Morgan fingerprint density at radius 1 is 1.29 bits per heavy atom. The summed E-state index contributed by atoms with van der Waals surface area (Å²) in [6.45, 7) is 8.96.